The molecule has 6 heteroatoms. The standard InChI is InChI=1S/C20H25N3O2.HI/c1-15(2)12-22-20(21)23-13-17-9-6-10-18(11-17)19(24)25-14-16-7-4-3-5-8-16;/h3-11,15H,12-14H2,1-2H3,(H3,21,22,23);1H. The van der Waals surface area contributed by atoms with Crippen molar-refractivity contribution in [2.24, 2.45) is 16.6 Å². The van der Waals surface area contributed by atoms with Crippen molar-refractivity contribution in [1.29, 1.82) is 0 Å². The Morgan fingerprint density at radius 1 is 1.12 bits per heavy atom. The van der Waals surface area contributed by atoms with E-state index in [0.29, 0.717) is 24.0 Å². The summed E-state index contributed by atoms with van der Waals surface area (Å²) >= 11 is 0. The third-order valence-corrected chi connectivity index (χ3v) is 3.50. The van der Waals surface area contributed by atoms with E-state index in [4.69, 9.17) is 10.5 Å². The Labute approximate surface area is 172 Å². The molecule has 3 N–H and O–H groups in total. The van der Waals surface area contributed by atoms with Gasteiger partial charge in [-0.05, 0) is 29.2 Å². The number of ether oxygens (including phenoxy) is 1. The summed E-state index contributed by atoms with van der Waals surface area (Å²) in [6.07, 6.45) is 0. The Balaban J connectivity index is 0.00000338. The lowest BCUT2D eigenvalue weighted by atomic mass is 10.1. The van der Waals surface area contributed by atoms with Gasteiger partial charge in [-0.1, -0.05) is 56.3 Å². The van der Waals surface area contributed by atoms with Crippen LogP contribution < -0.4 is 11.1 Å². The molecular formula is C20H26IN3O2. The van der Waals surface area contributed by atoms with Crippen LogP contribution in [0.1, 0.15) is 35.3 Å². The van der Waals surface area contributed by atoms with E-state index in [0.717, 1.165) is 17.7 Å². The lowest BCUT2D eigenvalue weighted by molar-refractivity contribution is 0.0472. The summed E-state index contributed by atoms with van der Waals surface area (Å²) in [5.41, 5.74) is 8.20. The average molecular weight is 467 g/mol. The number of guanidine groups is 1. The number of carbonyl (C=O) groups excluding carboxylic acids is 1. The van der Waals surface area contributed by atoms with Crippen LogP contribution in [-0.2, 0) is 17.9 Å². The number of aliphatic imine (C=N–C) groups is 1. The Bertz CT molecular complexity index is 718. The van der Waals surface area contributed by atoms with Gasteiger partial charge in [0.25, 0.3) is 0 Å². The summed E-state index contributed by atoms with van der Waals surface area (Å²) in [6.45, 7) is 5.65. The van der Waals surface area contributed by atoms with Crippen LogP contribution >= 0.6 is 24.0 Å². The molecule has 0 spiro atoms. The number of benzene rings is 2. The molecule has 26 heavy (non-hydrogen) atoms. The molecule has 2 rings (SSSR count). The number of halogens is 1. The second kappa shape index (κ2) is 11.5. The van der Waals surface area contributed by atoms with Gasteiger partial charge in [-0.3, -0.25) is 0 Å². The maximum atomic E-state index is 12.2. The van der Waals surface area contributed by atoms with Gasteiger partial charge in [-0.2, -0.15) is 0 Å². The molecule has 0 aliphatic heterocycles. The van der Waals surface area contributed by atoms with Crippen LogP contribution in [0.3, 0.4) is 0 Å². The predicted octanol–water partition coefficient (Wildman–Crippen LogP) is 3.72. The van der Waals surface area contributed by atoms with E-state index < -0.39 is 0 Å². The van der Waals surface area contributed by atoms with Crippen LogP contribution in [0.4, 0.5) is 0 Å². The van der Waals surface area contributed by atoms with Gasteiger partial charge in [0.05, 0.1) is 12.1 Å². The molecule has 0 bridgehead atoms. The number of nitrogens with two attached hydrogens (primary N) is 1. The van der Waals surface area contributed by atoms with Gasteiger partial charge in [0.1, 0.15) is 6.61 Å². The molecule has 140 valence electrons. The number of hydrogen-bond donors (Lipinski definition) is 2. The number of nitrogens with zero attached hydrogens (tertiary/aromatic N) is 1. The van der Waals surface area contributed by atoms with E-state index in [2.05, 4.69) is 24.2 Å². The summed E-state index contributed by atoms with van der Waals surface area (Å²) in [5, 5.41) is 3.06. The van der Waals surface area contributed by atoms with Crippen molar-refractivity contribution >= 4 is 35.9 Å². The number of hydrogen-bond acceptors (Lipinski definition) is 3. The summed E-state index contributed by atoms with van der Waals surface area (Å²) < 4.78 is 5.35. The van der Waals surface area contributed by atoms with Gasteiger partial charge in [0, 0.05) is 6.54 Å². The van der Waals surface area contributed by atoms with Crippen LogP contribution in [0.2, 0.25) is 0 Å². The largest absolute Gasteiger partial charge is 0.457 e. The van der Waals surface area contributed by atoms with Crippen LogP contribution in [-0.4, -0.2) is 18.5 Å². The van der Waals surface area contributed by atoms with E-state index in [1.807, 2.05) is 42.5 Å². The summed E-state index contributed by atoms with van der Waals surface area (Å²) in [6, 6.07) is 16.9. The first-order valence-electron chi connectivity index (χ1n) is 8.38. The van der Waals surface area contributed by atoms with Crippen LogP contribution in [0.25, 0.3) is 0 Å². The Hall–Kier alpha value is -2.09. The lowest BCUT2D eigenvalue weighted by Gasteiger charge is -2.08. The van der Waals surface area contributed by atoms with Crippen molar-refractivity contribution in [3.63, 3.8) is 0 Å². The zero-order chi connectivity index (χ0) is 18.1. The quantitative estimate of drug-likeness (QED) is 0.282. The molecule has 0 saturated heterocycles. The lowest BCUT2D eigenvalue weighted by Crippen LogP contribution is -2.34. The highest BCUT2D eigenvalue weighted by molar-refractivity contribution is 14.0. The van der Waals surface area contributed by atoms with Gasteiger partial charge in [-0.25, -0.2) is 9.79 Å². The second-order valence-corrected chi connectivity index (χ2v) is 6.24. The molecule has 0 aromatic heterocycles. The normalized spacial score (nSPS) is 11.0. The Morgan fingerprint density at radius 2 is 1.81 bits per heavy atom. The summed E-state index contributed by atoms with van der Waals surface area (Å²) in [4.78, 5) is 16.5. The van der Waals surface area contributed by atoms with Crippen molar-refractivity contribution in [3.05, 3.63) is 71.3 Å². The van der Waals surface area contributed by atoms with E-state index in [9.17, 15) is 4.79 Å². The van der Waals surface area contributed by atoms with Gasteiger partial charge < -0.3 is 15.8 Å². The van der Waals surface area contributed by atoms with Crippen LogP contribution in [0.5, 0.6) is 0 Å². The van der Waals surface area contributed by atoms with E-state index in [1.54, 1.807) is 12.1 Å². The maximum absolute atomic E-state index is 12.2. The smallest absolute Gasteiger partial charge is 0.338 e. The highest BCUT2D eigenvalue weighted by atomic mass is 127. The first-order valence-corrected chi connectivity index (χ1v) is 8.38. The number of carbonyl (C=O) groups is 1. The van der Waals surface area contributed by atoms with Crippen molar-refractivity contribution in [2.75, 3.05) is 6.54 Å². The third kappa shape index (κ3) is 7.86. The van der Waals surface area contributed by atoms with E-state index >= 15 is 0 Å². The molecule has 0 amide bonds. The summed E-state index contributed by atoms with van der Waals surface area (Å²) in [5.74, 6) is 0.558. The SMILES string of the molecule is CC(C)CNC(N)=NCc1cccc(C(=O)OCc2ccccc2)c1.I. The van der Waals surface area contributed by atoms with Gasteiger partial charge in [-0.15, -0.1) is 24.0 Å². The van der Waals surface area contributed by atoms with E-state index in [1.165, 1.54) is 0 Å². The molecule has 2 aromatic carbocycles. The minimum absolute atomic E-state index is 0. The van der Waals surface area contributed by atoms with Crippen molar-refractivity contribution in [2.45, 2.75) is 27.0 Å². The molecule has 0 aliphatic rings. The summed E-state index contributed by atoms with van der Waals surface area (Å²) in [7, 11) is 0. The topological polar surface area (TPSA) is 76.7 Å². The zero-order valence-electron chi connectivity index (χ0n) is 15.1. The molecule has 0 aliphatic carbocycles. The molecule has 0 heterocycles. The maximum Gasteiger partial charge on any atom is 0.338 e. The molecule has 0 atom stereocenters. The monoisotopic (exact) mass is 467 g/mol. The highest BCUT2D eigenvalue weighted by Crippen LogP contribution is 2.10. The predicted molar refractivity (Wildman–Crippen MR) is 116 cm³/mol. The van der Waals surface area contributed by atoms with Crippen molar-refractivity contribution in [3.8, 4) is 0 Å². The molecule has 0 radical (unpaired) electrons. The second-order valence-electron chi connectivity index (χ2n) is 6.24. The first-order chi connectivity index (χ1) is 12.0. The molecule has 0 unspecified atom stereocenters. The fourth-order valence-corrected chi connectivity index (χ4v) is 2.14. The van der Waals surface area contributed by atoms with Crippen molar-refractivity contribution < 1.29 is 9.53 Å². The minimum atomic E-state index is -0.347. The molecule has 5 nitrogen and oxygen atoms in total. The van der Waals surface area contributed by atoms with Crippen LogP contribution in [0.15, 0.2) is 59.6 Å². The van der Waals surface area contributed by atoms with Crippen molar-refractivity contribution in [1.82, 2.24) is 5.32 Å². The molecule has 0 saturated carbocycles. The van der Waals surface area contributed by atoms with Gasteiger partial charge in [0.2, 0.25) is 0 Å². The number of esters is 1. The van der Waals surface area contributed by atoms with E-state index in [-0.39, 0.29) is 36.6 Å². The highest BCUT2D eigenvalue weighted by Gasteiger charge is 2.08. The molecular weight excluding hydrogens is 441 g/mol. The zero-order valence-corrected chi connectivity index (χ0v) is 17.5. The van der Waals surface area contributed by atoms with Gasteiger partial charge >= 0.3 is 5.97 Å². The molecule has 0 fully saturated rings. The Morgan fingerprint density at radius 3 is 2.50 bits per heavy atom. The van der Waals surface area contributed by atoms with Crippen LogP contribution in [0, 0.1) is 5.92 Å². The average Bonchev–Trinajstić information content (AvgIpc) is 2.63. The fraction of sp³-hybridized carbons (Fsp3) is 0.300. The van der Waals surface area contributed by atoms with Gasteiger partial charge in [0.15, 0.2) is 5.96 Å². The fourth-order valence-electron chi connectivity index (χ4n) is 2.14. The molecule has 2 aromatic rings. The first kappa shape index (κ1) is 22.0. The Kier molecular flexibility index (Phi) is 9.72. The minimum Gasteiger partial charge on any atom is -0.457 e. The third-order valence-electron chi connectivity index (χ3n) is 3.50. The number of rotatable bonds is 7. The number of nitrogens with one attached hydrogen (secondary N) is 1.